The molecular weight excluding hydrogens is 371 g/mol. The van der Waals surface area contributed by atoms with Crippen molar-refractivity contribution < 1.29 is 31.1 Å². The molecule has 1 aliphatic heterocycles. The van der Waals surface area contributed by atoms with Gasteiger partial charge in [0.25, 0.3) is 0 Å². The number of para-hydroxylation sites is 1. The van der Waals surface area contributed by atoms with Gasteiger partial charge in [0.2, 0.25) is 10.0 Å². The third-order valence-electron chi connectivity index (χ3n) is 3.89. The van der Waals surface area contributed by atoms with E-state index in [1.165, 1.54) is 12.1 Å². The van der Waals surface area contributed by atoms with Gasteiger partial charge in [0, 0.05) is 13.1 Å². The topological polar surface area (TPSA) is 55.8 Å². The van der Waals surface area contributed by atoms with Gasteiger partial charge in [-0.25, -0.2) is 8.42 Å². The first-order valence-corrected chi connectivity index (χ1v) is 9.23. The normalized spacial score (nSPS) is 19.3. The van der Waals surface area contributed by atoms with Crippen LogP contribution in [-0.4, -0.2) is 38.8 Å². The molecule has 0 N–H and O–H groups in total. The smallest absolute Gasteiger partial charge is 0.404 e. The molecule has 3 rings (SSSR count). The van der Waals surface area contributed by atoms with Gasteiger partial charge in [0.1, 0.15) is 10.6 Å². The van der Waals surface area contributed by atoms with Crippen molar-refractivity contribution in [1.82, 2.24) is 4.31 Å². The summed E-state index contributed by atoms with van der Waals surface area (Å²) in [5, 5.41) is 0. The van der Waals surface area contributed by atoms with Crippen LogP contribution >= 0.6 is 0 Å². The third-order valence-corrected chi connectivity index (χ3v) is 5.80. The van der Waals surface area contributed by atoms with Crippen LogP contribution in [0, 0.1) is 0 Å². The van der Waals surface area contributed by atoms with E-state index in [-0.39, 0.29) is 19.7 Å². The summed E-state index contributed by atoms with van der Waals surface area (Å²) >= 11 is 0. The molecule has 0 bridgehead atoms. The fourth-order valence-electron chi connectivity index (χ4n) is 2.72. The molecule has 5 nitrogen and oxygen atoms in total. The lowest BCUT2D eigenvalue weighted by Crippen LogP contribution is -2.42. The van der Waals surface area contributed by atoms with Crippen molar-refractivity contribution in [2.45, 2.75) is 17.4 Å². The van der Waals surface area contributed by atoms with Crippen molar-refractivity contribution in [1.29, 1.82) is 0 Å². The van der Waals surface area contributed by atoms with Gasteiger partial charge >= 0.3 is 6.36 Å². The molecule has 9 heteroatoms. The average Bonchev–Trinajstić information content (AvgIpc) is 2.61. The lowest BCUT2D eigenvalue weighted by Gasteiger charge is -2.32. The van der Waals surface area contributed by atoms with E-state index < -0.39 is 33.1 Å². The molecule has 2 aromatic carbocycles. The zero-order chi connectivity index (χ0) is 18.8. The van der Waals surface area contributed by atoms with E-state index in [1.54, 1.807) is 12.1 Å². The predicted octanol–water partition coefficient (Wildman–Crippen LogP) is 3.35. The highest BCUT2D eigenvalue weighted by Crippen LogP contribution is 2.33. The number of alkyl halides is 3. The molecule has 1 aliphatic rings. The number of rotatable bonds is 4. The lowest BCUT2D eigenvalue weighted by atomic mass is 10.1. The minimum atomic E-state index is -4.98. The first-order valence-electron chi connectivity index (χ1n) is 7.79. The number of halogens is 3. The molecule has 26 heavy (non-hydrogen) atoms. The van der Waals surface area contributed by atoms with E-state index in [0.29, 0.717) is 0 Å². The maximum atomic E-state index is 12.9. The van der Waals surface area contributed by atoms with Crippen molar-refractivity contribution in [3.8, 4) is 5.75 Å². The highest BCUT2D eigenvalue weighted by atomic mass is 32.2. The van der Waals surface area contributed by atoms with Crippen LogP contribution in [0.25, 0.3) is 0 Å². The Kier molecular flexibility index (Phi) is 5.22. The molecule has 0 aliphatic carbocycles. The van der Waals surface area contributed by atoms with Crippen molar-refractivity contribution in [3.63, 3.8) is 0 Å². The van der Waals surface area contributed by atoms with Crippen LogP contribution in [0.3, 0.4) is 0 Å². The second kappa shape index (κ2) is 7.26. The standard InChI is InChI=1S/C17H16F3NO4S/c18-17(19,20)25-14-8-4-5-9-16(14)26(22,23)21-10-11-24-15(12-21)13-6-2-1-3-7-13/h1-9,15H,10-12H2/t15-/m1/s1. The number of morpholine rings is 1. The first kappa shape index (κ1) is 18.7. The largest absolute Gasteiger partial charge is 0.573 e. The molecule has 1 saturated heterocycles. The second-order valence-electron chi connectivity index (χ2n) is 5.63. The van der Waals surface area contributed by atoms with Crippen LogP contribution in [0.5, 0.6) is 5.75 Å². The molecule has 0 radical (unpaired) electrons. The number of hydrogen-bond acceptors (Lipinski definition) is 4. The highest BCUT2D eigenvalue weighted by molar-refractivity contribution is 7.89. The number of ether oxygens (including phenoxy) is 2. The van der Waals surface area contributed by atoms with Crippen LogP contribution in [0.1, 0.15) is 11.7 Å². The molecule has 0 saturated carbocycles. The van der Waals surface area contributed by atoms with Gasteiger partial charge < -0.3 is 9.47 Å². The van der Waals surface area contributed by atoms with E-state index in [0.717, 1.165) is 22.0 Å². The van der Waals surface area contributed by atoms with E-state index in [2.05, 4.69) is 4.74 Å². The molecule has 0 amide bonds. The number of benzene rings is 2. The van der Waals surface area contributed by atoms with E-state index >= 15 is 0 Å². The predicted molar refractivity (Wildman–Crippen MR) is 87.0 cm³/mol. The van der Waals surface area contributed by atoms with Crippen LogP contribution in [0.4, 0.5) is 13.2 Å². The Labute approximate surface area is 149 Å². The van der Waals surface area contributed by atoms with Crippen LogP contribution in [0.15, 0.2) is 59.5 Å². The van der Waals surface area contributed by atoms with Crippen LogP contribution in [0.2, 0.25) is 0 Å². The second-order valence-corrected chi connectivity index (χ2v) is 7.53. The zero-order valence-electron chi connectivity index (χ0n) is 13.5. The summed E-state index contributed by atoms with van der Waals surface area (Å²) in [6.07, 6.45) is -5.47. The minimum Gasteiger partial charge on any atom is -0.404 e. The molecule has 0 spiro atoms. The van der Waals surface area contributed by atoms with E-state index in [9.17, 15) is 21.6 Å². The lowest BCUT2D eigenvalue weighted by molar-refractivity contribution is -0.275. The number of hydrogen-bond donors (Lipinski definition) is 0. The molecule has 1 heterocycles. The van der Waals surface area contributed by atoms with Gasteiger partial charge in [-0.3, -0.25) is 0 Å². The monoisotopic (exact) mass is 387 g/mol. The number of nitrogens with zero attached hydrogens (tertiary/aromatic N) is 1. The molecule has 0 unspecified atom stereocenters. The van der Waals surface area contributed by atoms with Gasteiger partial charge in [-0.1, -0.05) is 42.5 Å². The van der Waals surface area contributed by atoms with Crippen molar-refractivity contribution >= 4 is 10.0 Å². The summed E-state index contributed by atoms with van der Waals surface area (Å²) in [5.74, 6) is -0.747. The summed E-state index contributed by atoms with van der Waals surface area (Å²) in [5.41, 5.74) is 0.798. The van der Waals surface area contributed by atoms with Gasteiger partial charge in [0.15, 0.2) is 0 Å². The summed E-state index contributed by atoms with van der Waals surface area (Å²) in [6, 6.07) is 13.8. The Morgan fingerprint density at radius 1 is 1.04 bits per heavy atom. The van der Waals surface area contributed by atoms with Crippen molar-refractivity contribution in [3.05, 3.63) is 60.2 Å². The fourth-order valence-corrected chi connectivity index (χ4v) is 4.26. The minimum absolute atomic E-state index is 0.00665. The van der Waals surface area contributed by atoms with Gasteiger partial charge in [0.05, 0.1) is 12.7 Å². The maximum Gasteiger partial charge on any atom is 0.573 e. The zero-order valence-corrected chi connectivity index (χ0v) is 14.3. The molecule has 0 aromatic heterocycles. The summed E-state index contributed by atoms with van der Waals surface area (Å²) in [7, 11) is -4.18. The Morgan fingerprint density at radius 2 is 1.69 bits per heavy atom. The summed E-state index contributed by atoms with van der Waals surface area (Å²) in [6.45, 7) is 0.194. The SMILES string of the molecule is O=S(=O)(c1ccccc1OC(F)(F)F)N1CCO[C@@H](c2ccccc2)C1. The maximum absolute atomic E-state index is 12.9. The number of sulfonamides is 1. The molecule has 1 fully saturated rings. The first-order chi connectivity index (χ1) is 12.3. The molecule has 1 atom stereocenters. The highest BCUT2D eigenvalue weighted by Gasteiger charge is 2.37. The van der Waals surface area contributed by atoms with Gasteiger partial charge in [-0.05, 0) is 17.7 Å². The van der Waals surface area contributed by atoms with Gasteiger partial charge in [-0.2, -0.15) is 4.31 Å². The summed E-state index contributed by atoms with van der Waals surface area (Å²) < 4.78 is 74.2. The summed E-state index contributed by atoms with van der Waals surface area (Å²) in [4.78, 5) is -0.522. The third kappa shape index (κ3) is 4.17. The Morgan fingerprint density at radius 3 is 2.38 bits per heavy atom. The fraction of sp³-hybridized carbons (Fsp3) is 0.294. The van der Waals surface area contributed by atoms with Crippen LogP contribution in [-0.2, 0) is 14.8 Å². The Bertz CT molecular complexity index is 856. The van der Waals surface area contributed by atoms with Crippen molar-refractivity contribution in [2.75, 3.05) is 19.7 Å². The average molecular weight is 387 g/mol. The molecule has 140 valence electrons. The molecular formula is C17H16F3NO4S. The Hall–Kier alpha value is -2.10. The van der Waals surface area contributed by atoms with E-state index in [4.69, 9.17) is 4.74 Å². The van der Waals surface area contributed by atoms with E-state index in [1.807, 2.05) is 18.2 Å². The quantitative estimate of drug-likeness (QED) is 0.808. The van der Waals surface area contributed by atoms with Gasteiger partial charge in [-0.15, -0.1) is 13.2 Å². The molecule has 2 aromatic rings. The van der Waals surface area contributed by atoms with Crippen molar-refractivity contribution in [2.24, 2.45) is 0 Å². The Balaban J connectivity index is 1.89. The van der Waals surface area contributed by atoms with Crippen LogP contribution < -0.4 is 4.74 Å².